The minimum atomic E-state index is 0.579. The highest BCUT2D eigenvalue weighted by Crippen LogP contribution is 2.17. The summed E-state index contributed by atoms with van der Waals surface area (Å²) in [5.41, 5.74) is 9.38. The van der Waals surface area contributed by atoms with Crippen molar-refractivity contribution in [1.82, 2.24) is 4.90 Å². The maximum absolute atomic E-state index is 5.98. The van der Waals surface area contributed by atoms with Crippen molar-refractivity contribution in [2.75, 3.05) is 24.8 Å². The van der Waals surface area contributed by atoms with Crippen LogP contribution in [0.25, 0.3) is 0 Å². The SMILES string of the molecule is CSCC(C)N(C)Cc1cc(C)ccc1N. The Balaban J connectivity index is 2.68. The molecule has 90 valence electrons. The Bertz CT molecular complexity index is 339. The highest BCUT2D eigenvalue weighted by molar-refractivity contribution is 7.98. The number of hydrogen-bond donors (Lipinski definition) is 1. The van der Waals surface area contributed by atoms with Crippen molar-refractivity contribution in [3.05, 3.63) is 29.3 Å². The Kier molecular flexibility index (Phi) is 5.16. The number of nitrogens with zero attached hydrogens (tertiary/aromatic N) is 1. The molecule has 2 N–H and O–H groups in total. The van der Waals surface area contributed by atoms with E-state index in [1.54, 1.807) is 0 Å². The number of nitrogens with two attached hydrogens (primary N) is 1. The van der Waals surface area contributed by atoms with Gasteiger partial charge in [0.05, 0.1) is 0 Å². The number of nitrogen functional groups attached to an aromatic ring is 1. The van der Waals surface area contributed by atoms with Crippen LogP contribution in [0.4, 0.5) is 5.69 Å². The van der Waals surface area contributed by atoms with E-state index >= 15 is 0 Å². The average Bonchev–Trinajstić information content (AvgIpc) is 2.23. The summed E-state index contributed by atoms with van der Waals surface area (Å²) in [7, 11) is 2.16. The predicted molar refractivity (Wildman–Crippen MR) is 74.9 cm³/mol. The minimum absolute atomic E-state index is 0.579. The highest BCUT2D eigenvalue weighted by atomic mass is 32.2. The molecule has 1 unspecified atom stereocenters. The van der Waals surface area contributed by atoms with Gasteiger partial charge < -0.3 is 5.73 Å². The second-order valence-corrected chi connectivity index (χ2v) is 5.33. The molecule has 3 heteroatoms. The molecule has 0 bridgehead atoms. The van der Waals surface area contributed by atoms with Crippen LogP contribution >= 0.6 is 11.8 Å². The molecular weight excluding hydrogens is 216 g/mol. The first-order valence-electron chi connectivity index (χ1n) is 5.58. The molecule has 0 aliphatic carbocycles. The number of aryl methyl sites for hydroxylation is 1. The second-order valence-electron chi connectivity index (χ2n) is 4.42. The first-order chi connectivity index (χ1) is 7.54. The van der Waals surface area contributed by atoms with Crippen molar-refractivity contribution >= 4 is 17.4 Å². The van der Waals surface area contributed by atoms with Crippen LogP contribution in [-0.4, -0.2) is 30.0 Å². The van der Waals surface area contributed by atoms with Crippen molar-refractivity contribution < 1.29 is 0 Å². The first-order valence-corrected chi connectivity index (χ1v) is 6.98. The highest BCUT2D eigenvalue weighted by Gasteiger charge is 2.10. The number of benzene rings is 1. The molecule has 1 aromatic rings. The van der Waals surface area contributed by atoms with Crippen LogP contribution in [0.1, 0.15) is 18.1 Å². The summed E-state index contributed by atoms with van der Waals surface area (Å²) in [4.78, 5) is 2.35. The van der Waals surface area contributed by atoms with Gasteiger partial charge in [-0.25, -0.2) is 0 Å². The van der Waals surface area contributed by atoms with E-state index in [2.05, 4.69) is 44.2 Å². The normalized spacial score (nSPS) is 13.1. The van der Waals surface area contributed by atoms with Crippen LogP contribution in [0.5, 0.6) is 0 Å². The van der Waals surface area contributed by atoms with Gasteiger partial charge in [-0.15, -0.1) is 0 Å². The van der Waals surface area contributed by atoms with Crippen LogP contribution < -0.4 is 5.73 Å². The first kappa shape index (κ1) is 13.4. The fourth-order valence-corrected chi connectivity index (χ4v) is 2.40. The van der Waals surface area contributed by atoms with Crippen LogP contribution in [0.15, 0.2) is 18.2 Å². The molecule has 0 saturated heterocycles. The lowest BCUT2D eigenvalue weighted by Crippen LogP contribution is -2.30. The van der Waals surface area contributed by atoms with E-state index in [9.17, 15) is 0 Å². The lowest BCUT2D eigenvalue weighted by atomic mass is 10.1. The third-order valence-electron chi connectivity index (χ3n) is 2.88. The summed E-state index contributed by atoms with van der Waals surface area (Å²) >= 11 is 1.88. The van der Waals surface area contributed by atoms with Gasteiger partial charge in [-0.05, 0) is 38.8 Å². The summed E-state index contributed by atoms with van der Waals surface area (Å²) in [6, 6.07) is 6.81. The molecule has 0 heterocycles. The van der Waals surface area contributed by atoms with Gasteiger partial charge in [0, 0.05) is 24.0 Å². The number of rotatable bonds is 5. The fourth-order valence-electron chi connectivity index (χ4n) is 1.66. The zero-order valence-corrected chi connectivity index (χ0v) is 11.5. The Morgan fingerprint density at radius 3 is 2.75 bits per heavy atom. The van der Waals surface area contributed by atoms with Crippen molar-refractivity contribution in [2.24, 2.45) is 0 Å². The molecule has 0 aliphatic heterocycles. The third-order valence-corrected chi connectivity index (χ3v) is 3.69. The smallest absolute Gasteiger partial charge is 0.0359 e. The largest absolute Gasteiger partial charge is 0.398 e. The van der Waals surface area contributed by atoms with E-state index in [1.165, 1.54) is 11.1 Å². The van der Waals surface area contributed by atoms with E-state index < -0.39 is 0 Å². The molecule has 0 aromatic heterocycles. The van der Waals surface area contributed by atoms with Gasteiger partial charge >= 0.3 is 0 Å². The van der Waals surface area contributed by atoms with Gasteiger partial charge in [-0.3, -0.25) is 4.90 Å². The molecule has 1 atom stereocenters. The van der Waals surface area contributed by atoms with Gasteiger partial charge in [0.15, 0.2) is 0 Å². The maximum atomic E-state index is 5.98. The quantitative estimate of drug-likeness (QED) is 0.800. The minimum Gasteiger partial charge on any atom is -0.398 e. The topological polar surface area (TPSA) is 29.3 Å². The van der Waals surface area contributed by atoms with E-state index in [0.29, 0.717) is 6.04 Å². The summed E-state index contributed by atoms with van der Waals surface area (Å²) < 4.78 is 0. The zero-order valence-electron chi connectivity index (χ0n) is 10.7. The van der Waals surface area contributed by atoms with Crippen LogP contribution in [0.3, 0.4) is 0 Å². The molecular formula is C13H22N2S. The number of thioether (sulfide) groups is 1. The Labute approximate surface area is 103 Å². The van der Waals surface area contributed by atoms with E-state index in [1.807, 2.05) is 17.8 Å². The van der Waals surface area contributed by atoms with Gasteiger partial charge in [-0.1, -0.05) is 17.7 Å². The van der Waals surface area contributed by atoms with Gasteiger partial charge in [0.2, 0.25) is 0 Å². The van der Waals surface area contributed by atoms with Crippen molar-refractivity contribution in [3.63, 3.8) is 0 Å². The molecule has 0 radical (unpaired) electrons. The van der Waals surface area contributed by atoms with E-state index in [0.717, 1.165) is 18.0 Å². The van der Waals surface area contributed by atoms with Crippen LogP contribution in [-0.2, 0) is 6.54 Å². The lowest BCUT2D eigenvalue weighted by molar-refractivity contribution is 0.270. The molecule has 0 amide bonds. The van der Waals surface area contributed by atoms with Crippen molar-refractivity contribution in [1.29, 1.82) is 0 Å². The summed E-state index contributed by atoms with van der Waals surface area (Å²) in [6.45, 7) is 5.28. The molecule has 0 fully saturated rings. The lowest BCUT2D eigenvalue weighted by Gasteiger charge is -2.24. The standard InChI is InChI=1S/C13H22N2S/c1-10-5-6-13(14)12(7-10)8-15(3)11(2)9-16-4/h5-7,11H,8-9,14H2,1-4H3. The predicted octanol–water partition coefficient (Wildman–Crippen LogP) is 2.76. The van der Waals surface area contributed by atoms with E-state index in [-0.39, 0.29) is 0 Å². The summed E-state index contributed by atoms with van der Waals surface area (Å²) in [5, 5.41) is 0. The third kappa shape index (κ3) is 3.72. The molecule has 2 nitrogen and oxygen atoms in total. The zero-order chi connectivity index (χ0) is 12.1. The molecule has 0 spiro atoms. The van der Waals surface area contributed by atoms with Gasteiger partial charge in [0.25, 0.3) is 0 Å². The maximum Gasteiger partial charge on any atom is 0.0359 e. The number of anilines is 1. The second kappa shape index (κ2) is 6.16. The average molecular weight is 238 g/mol. The molecule has 0 aliphatic rings. The Morgan fingerprint density at radius 2 is 2.12 bits per heavy atom. The summed E-state index contributed by atoms with van der Waals surface area (Å²) in [5.74, 6) is 1.15. The van der Waals surface area contributed by atoms with Crippen molar-refractivity contribution in [2.45, 2.75) is 26.4 Å². The van der Waals surface area contributed by atoms with Crippen LogP contribution in [0.2, 0.25) is 0 Å². The molecule has 1 aromatic carbocycles. The fraction of sp³-hybridized carbons (Fsp3) is 0.538. The monoisotopic (exact) mass is 238 g/mol. The summed E-state index contributed by atoms with van der Waals surface area (Å²) in [6.07, 6.45) is 2.14. The van der Waals surface area contributed by atoms with Crippen LogP contribution in [0, 0.1) is 6.92 Å². The van der Waals surface area contributed by atoms with Crippen molar-refractivity contribution in [3.8, 4) is 0 Å². The molecule has 0 saturated carbocycles. The molecule has 1 rings (SSSR count). The van der Waals surface area contributed by atoms with Gasteiger partial charge in [0.1, 0.15) is 0 Å². The number of hydrogen-bond acceptors (Lipinski definition) is 3. The molecule has 16 heavy (non-hydrogen) atoms. The Morgan fingerprint density at radius 1 is 1.44 bits per heavy atom. The van der Waals surface area contributed by atoms with Gasteiger partial charge in [-0.2, -0.15) is 11.8 Å². The Hall–Kier alpha value is -0.670. The van der Waals surface area contributed by atoms with E-state index in [4.69, 9.17) is 5.73 Å².